The maximum Gasteiger partial charge on any atom is 0.255 e. The van der Waals surface area contributed by atoms with E-state index in [1.54, 1.807) is 12.1 Å². The predicted molar refractivity (Wildman–Crippen MR) is 124 cm³/mol. The number of carbonyl (C=O) groups excluding carboxylic acids is 1. The van der Waals surface area contributed by atoms with Gasteiger partial charge in [0, 0.05) is 17.6 Å². The SMILES string of the molecule is CC(C)(O)CN1CCC(Cc2ccc(C(=O)Nc3ccccc3N)cc2)CC1(C)C. The molecule has 1 unspecified atom stereocenters. The summed E-state index contributed by atoms with van der Waals surface area (Å²) in [5, 5.41) is 13.1. The van der Waals surface area contributed by atoms with Crippen LogP contribution in [0.5, 0.6) is 0 Å². The zero-order chi connectivity index (χ0) is 21.9. The number of hydrogen-bond acceptors (Lipinski definition) is 4. The Labute approximate surface area is 180 Å². The van der Waals surface area contributed by atoms with Crippen molar-refractivity contribution in [3.8, 4) is 0 Å². The summed E-state index contributed by atoms with van der Waals surface area (Å²) in [6, 6.07) is 15.1. The van der Waals surface area contributed by atoms with Crippen LogP contribution >= 0.6 is 0 Å². The Bertz CT molecular complexity index is 869. The highest BCUT2D eigenvalue weighted by Crippen LogP contribution is 2.34. The first-order valence-corrected chi connectivity index (χ1v) is 10.8. The molecule has 2 aromatic carbocycles. The van der Waals surface area contributed by atoms with Crippen molar-refractivity contribution in [1.29, 1.82) is 0 Å². The fraction of sp³-hybridized carbons (Fsp3) is 0.480. The Hall–Kier alpha value is -2.37. The Morgan fingerprint density at radius 2 is 1.87 bits per heavy atom. The highest BCUT2D eigenvalue weighted by molar-refractivity contribution is 6.05. The number of hydrogen-bond donors (Lipinski definition) is 3. The topological polar surface area (TPSA) is 78.6 Å². The summed E-state index contributed by atoms with van der Waals surface area (Å²) in [7, 11) is 0. The summed E-state index contributed by atoms with van der Waals surface area (Å²) in [6.45, 7) is 9.99. The second-order valence-corrected chi connectivity index (χ2v) is 9.85. The number of nitrogens with one attached hydrogen (secondary N) is 1. The van der Waals surface area contributed by atoms with Crippen molar-refractivity contribution in [1.82, 2.24) is 4.90 Å². The summed E-state index contributed by atoms with van der Waals surface area (Å²) in [4.78, 5) is 14.9. The van der Waals surface area contributed by atoms with Gasteiger partial charge in [-0.25, -0.2) is 0 Å². The van der Waals surface area contributed by atoms with Crippen molar-refractivity contribution in [2.75, 3.05) is 24.1 Å². The van der Waals surface area contributed by atoms with Crippen LogP contribution in [0, 0.1) is 5.92 Å². The fourth-order valence-electron chi connectivity index (χ4n) is 4.44. The molecule has 5 heteroatoms. The third kappa shape index (κ3) is 5.83. The average Bonchev–Trinajstić information content (AvgIpc) is 2.65. The zero-order valence-electron chi connectivity index (χ0n) is 18.6. The first-order valence-electron chi connectivity index (χ1n) is 10.8. The maximum atomic E-state index is 12.5. The number of nitrogens with two attached hydrogens (primary N) is 1. The van der Waals surface area contributed by atoms with Gasteiger partial charge in [-0.05, 0) is 89.2 Å². The molecule has 0 bridgehead atoms. The molecule has 30 heavy (non-hydrogen) atoms. The van der Waals surface area contributed by atoms with Gasteiger partial charge in [0.25, 0.3) is 5.91 Å². The highest BCUT2D eigenvalue weighted by Gasteiger charge is 2.36. The molecule has 3 rings (SSSR count). The van der Waals surface area contributed by atoms with Crippen molar-refractivity contribution >= 4 is 17.3 Å². The lowest BCUT2D eigenvalue weighted by molar-refractivity contribution is -0.0288. The van der Waals surface area contributed by atoms with E-state index in [0.29, 0.717) is 29.4 Å². The van der Waals surface area contributed by atoms with E-state index in [0.717, 1.165) is 25.8 Å². The maximum absolute atomic E-state index is 12.5. The van der Waals surface area contributed by atoms with Crippen LogP contribution in [0.1, 0.15) is 56.5 Å². The Balaban J connectivity index is 1.58. The number of piperidine rings is 1. The van der Waals surface area contributed by atoms with Gasteiger partial charge in [-0.2, -0.15) is 0 Å². The first kappa shape index (κ1) is 22.3. The van der Waals surface area contributed by atoms with E-state index in [1.807, 2.05) is 38.1 Å². The van der Waals surface area contributed by atoms with Crippen LogP contribution in [0.25, 0.3) is 0 Å². The number of benzene rings is 2. The number of rotatable bonds is 6. The van der Waals surface area contributed by atoms with Crippen LogP contribution in [-0.2, 0) is 6.42 Å². The minimum absolute atomic E-state index is 0.0678. The smallest absolute Gasteiger partial charge is 0.255 e. The lowest BCUT2D eigenvalue weighted by Gasteiger charge is -2.47. The fourth-order valence-corrected chi connectivity index (χ4v) is 4.44. The van der Waals surface area contributed by atoms with Gasteiger partial charge in [-0.1, -0.05) is 24.3 Å². The molecular weight excluding hydrogens is 374 g/mol. The number of β-amino-alcohol motifs (C(OH)–C–C–N with tert-alkyl or cyclic N) is 1. The molecule has 1 aliphatic heterocycles. The third-order valence-corrected chi connectivity index (χ3v) is 5.98. The van der Waals surface area contributed by atoms with E-state index in [1.165, 1.54) is 5.56 Å². The van der Waals surface area contributed by atoms with Gasteiger partial charge in [0.05, 0.1) is 17.0 Å². The Morgan fingerprint density at radius 1 is 1.20 bits per heavy atom. The standard InChI is InChI=1S/C25H35N3O2/c1-24(2)16-19(13-14-28(24)17-25(3,4)30)15-18-9-11-20(12-10-18)23(29)27-22-8-6-5-7-21(22)26/h5-12,19,30H,13-17,26H2,1-4H3,(H,27,29). The van der Waals surface area contributed by atoms with E-state index in [2.05, 4.69) is 36.2 Å². The second-order valence-electron chi connectivity index (χ2n) is 9.85. The van der Waals surface area contributed by atoms with Gasteiger partial charge >= 0.3 is 0 Å². The minimum Gasteiger partial charge on any atom is -0.397 e. The molecule has 0 aliphatic carbocycles. The summed E-state index contributed by atoms with van der Waals surface area (Å²) < 4.78 is 0. The number of nitrogens with zero attached hydrogens (tertiary/aromatic N) is 1. The lowest BCUT2D eigenvalue weighted by Crippen LogP contribution is -2.54. The number of aliphatic hydroxyl groups is 1. The van der Waals surface area contributed by atoms with Gasteiger partial charge in [0.1, 0.15) is 0 Å². The molecule has 0 spiro atoms. The molecule has 162 valence electrons. The van der Waals surface area contributed by atoms with Crippen molar-refractivity contribution in [2.45, 2.75) is 58.1 Å². The number of nitrogen functional groups attached to an aromatic ring is 1. The molecule has 4 N–H and O–H groups in total. The van der Waals surface area contributed by atoms with Crippen molar-refractivity contribution in [2.24, 2.45) is 5.92 Å². The number of anilines is 2. The van der Waals surface area contributed by atoms with Gasteiger partial charge in [-0.15, -0.1) is 0 Å². The van der Waals surface area contributed by atoms with Crippen molar-refractivity contribution in [3.63, 3.8) is 0 Å². The number of para-hydroxylation sites is 2. The minimum atomic E-state index is -0.676. The highest BCUT2D eigenvalue weighted by atomic mass is 16.3. The van der Waals surface area contributed by atoms with Gasteiger partial charge < -0.3 is 16.2 Å². The number of carbonyl (C=O) groups is 1. The van der Waals surface area contributed by atoms with Crippen molar-refractivity contribution in [3.05, 3.63) is 59.7 Å². The molecule has 1 saturated heterocycles. The molecule has 1 aliphatic rings. The normalized spacial score (nSPS) is 19.4. The molecule has 0 aromatic heterocycles. The molecule has 2 aromatic rings. The van der Waals surface area contributed by atoms with E-state index in [9.17, 15) is 9.90 Å². The van der Waals surface area contributed by atoms with Crippen LogP contribution < -0.4 is 11.1 Å². The molecule has 5 nitrogen and oxygen atoms in total. The molecule has 1 heterocycles. The van der Waals surface area contributed by atoms with E-state index < -0.39 is 5.60 Å². The first-order chi connectivity index (χ1) is 14.0. The molecular formula is C25H35N3O2. The molecule has 0 radical (unpaired) electrons. The monoisotopic (exact) mass is 409 g/mol. The van der Waals surface area contributed by atoms with Crippen LogP contribution in [0.3, 0.4) is 0 Å². The second kappa shape index (κ2) is 8.78. The van der Waals surface area contributed by atoms with Gasteiger partial charge in [0.2, 0.25) is 0 Å². The number of likely N-dealkylation sites (tertiary alicyclic amines) is 1. The summed E-state index contributed by atoms with van der Waals surface area (Å²) >= 11 is 0. The summed E-state index contributed by atoms with van der Waals surface area (Å²) in [5.74, 6) is 0.447. The van der Waals surface area contributed by atoms with Crippen LogP contribution in [0.2, 0.25) is 0 Å². The summed E-state index contributed by atoms with van der Waals surface area (Å²) in [5.41, 5.74) is 8.37. The molecule has 1 amide bonds. The van der Waals surface area contributed by atoms with Crippen LogP contribution in [-0.4, -0.2) is 40.1 Å². The number of amides is 1. The summed E-state index contributed by atoms with van der Waals surface area (Å²) in [6.07, 6.45) is 3.22. The van der Waals surface area contributed by atoms with E-state index >= 15 is 0 Å². The predicted octanol–water partition coefficient (Wildman–Crippen LogP) is 4.33. The van der Waals surface area contributed by atoms with Crippen LogP contribution in [0.15, 0.2) is 48.5 Å². The molecule has 1 atom stereocenters. The average molecular weight is 410 g/mol. The van der Waals surface area contributed by atoms with E-state index in [4.69, 9.17) is 5.73 Å². The Kier molecular flexibility index (Phi) is 6.53. The van der Waals surface area contributed by atoms with Gasteiger partial charge in [-0.3, -0.25) is 9.69 Å². The van der Waals surface area contributed by atoms with Crippen LogP contribution in [0.4, 0.5) is 11.4 Å². The quantitative estimate of drug-likeness (QED) is 0.621. The third-order valence-electron chi connectivity index (χ3n) is 5.98. The largest absolute Gasteiger partial charge is 0.397 e. The lowest BCUT2D eigenvalue weighted by atomic mass is 9.79. The molecule has 0 saturated carbocycles. The van der Waals surface area contributed by atoms with E-state index in [-0.39, 0.29) is 11.4 Å². The molecule has 1 fully saturated rings. The Morgan fingerprint density at radius 3 is 2.47 bits per heavy atom. The van der Waals surface area contributed by atoms with Crippen molar-refractivity contribution < 1.29 is 9.90 Å². The zero-order valence-corrected chi connectivity index (χ0v) is 18.6. The van der Waals surface area contributed by atoms with Gasteiger partial charge in [0.15, 0.2) is 0 Å².